The standard InChI is InChI=1S/C7H10Cl2N2O/c1-3-7(6(9)12)5(8)4-11(2)10-7/h4,10H,3H2,1-2H3. The summed E-state index contributed by atoms with van der Waals surface area (Å²) in [4.78, 5) is 11.1. The van der Waals surface area contributed by atoms with Gasteiger partial charge in [-0.15, -0.1) is 0 Å². The molecule has 1 unspecified atom stereocenters. The molecule has 0 saturated heterocycles. The highest BCUT2D eigenvalue weighted by molar-refractivity contribution is 6.67. The molecule has 0 spiro atoms. The van der Waals surface area contributed by atoms with E-state index < -0.39 is 10.8 Å². The maximum Gasteiger partial charge on any atom is 0.248 e. The molecule has 1 aliphatic heterocycles. The van der Waals surface area contributed by atoms with Gasteiger partial charge < -0.3 is 5.01 Å². The summed E-state index contributed by atoms with van der Waals surface area (Å²) in [5.74, 6) is 0. The van der Waals surface area contributed by atoms with Gasteiger partial charge >= 0.3 is 0 Å². The first-order chi connectivity index (χ1) is 5.53. The molecule has 0 aromatic carbocycles. The average Bonchev–Trinajstić information content (AvgIpc) is 2.26. The highest BCUT2D eigenvalue weighted by Crippen LogP contribution is 2.31. The molecule has 0 aromatic heterocycles. The molecule has 0 bridgehead atoms. The van der Waals surface area contributed by atoms with Crippen molar-refractivity contribution < 1.29 is 4.79 Å². The number of hydrogen-bond acceptors (Lipinski definition) is 3. The van der Waals surface area contributed by atoms with E-state index in [1.807, 2.05) is 6.92 Å². The van der Waals surface area contributed by atoms with Crippen LogP contribution in [-0.4, -0.2) is 22.8 Å². The third-order valence-corrected chi connectivity index (χ3v) is 2.69. The molecule has 0 aromatic rings. The quantitative estimate of drug-likeness (QED) is 0.698. The van der Waals surface area contributed by atoms with Crippen LogP contribution in [0, 0.1) is 0 Å². The van der Waals surface area contributed by atoms with Gasteiger partial charge in [0.2, 0.25) is 5.24 Å². The van der Waals surface area contributed by atoms with Crippen molar-refractivity contribution in [3.8, 4) is 0 Å². The summed E-state index contributed by atoms with van der Waals surface area (Å²) in [6.07, 6.45) is 2.18. The van der Waals surface area contributed by atoms with Crippen LogP contribution in [0.15, 0.2) is 11.2 Å². The second-order valence-corrected chi connectivity index (χ2v) is 3.48. The van der Waals surface area contributed by atoms with Crippen molar-refractivity contribution in [3.05, 3.63) is 11.2 Å². The summed E-state index contributed by atoms with van der Waals surface area (Å²) in [5.41, 5.74) is 1.99. The van der Waals surface area contributed by atoms with Gasteiger partial charge in [-0.3, -0.25) is 4.79 Å². The minimum atomic E-state index is -0.905. The van der Waals surface area contributed by atoms with Crippen LogP contribution in [0.4, 0.5) is 0 Å². The van der Waals surface area contributed by atoms with Gasteiger partial charge in [-0.1, -0.05) is 18.5 Å². The zero-order valence-corrected chi connectivity index (χ0v) is 8.41. The maximum absolute atomic E-state index is 11.1. The van der Waals surface area contributed by atoms with Crippen LogP contribution in [0.2, 0.25) is 0 Å². The minimum absolute atomic E-state index is 0.438. The topological polar surface area (TPSA) is 32.3 Å². The lowest BCUT2D eigenvalue weighted by Crippen LogP contribution is -2.50. The molecule has 1 heterocycles. The number of nitrogens with zero attached hydrogens (tertiary/aromatic N) is 1. The van der Waals surface area contributed by atoms with E-state index in [1.165, 1.54) is 0 Å². The van der Waals surface area contributed by atoms with Crippen molar-refractivity contribution >= 4 is 28.4 Å². The molecule has 0 amide bonds. The predicted octanol–water partition coefficient (Wildman–Crippen LogP) is 1.43. The van der Waals surface area contributed by atoms with Crippen LogP contribution < -0.4 is 5.43 Å². The first-order valence-corrected chi connectivity index (χ1v) is 4.37. The molecule has 5 heteroatoms. The summed E-state index contributed by atoms with van der Waals surface area (Å²) in [7, 11) is 1.76. The van der Waals surface area contributed by atoms with Crippen molar-refractivity contribution in [1.29, 1.82) is 0 Å². The largest absolute Gasteiger partial charge is 0.316 e. The summed E-state index contributed by atoms with van der Waals surface area (Å²) in [6.45, 7) is 1.85. The number of nitrogens with one attached hydrogen (secondary N) is 1. The fraction of sp³-hybridized carbons (Fsp3) is 0.571. The van der Waals surface area contributed by atoms with Gasteiger partial charge in [-0.2, -0.15) is 0 Å². The fourth-order valence-electron chi connectivity index (χ4n) is 1.19. The van der Waals surface area contributed by atoms with Gasteiger partial charge in [0, 0.05) is 13.2 Å². The number of rotatable bonds is 2. The van der Waals surface area contributed by atoms with Crippen LogP contribution in [0.5, 0.6) is 0 Å². The van der Waals surface area contributed by atoms with Crippen LogP contribution in [0.3, 0.4) is 0 Å². The zero-order valence-electron chi connectivity index (χ0n) is 6.90. The lowest BCUT2D eigenvalue weighted by molar-refractivity contribution is -0.116. The lowest BCUT2D eigenvalue weighted by Gasteiger charge is -2.25. The number of carbonyl (C=O) groups is 1. The Balaban J connectivity index is 2.98. The van der Waals surface area contributed by atoms with Crippen LogP contribution >= 0.6 is 23.2 Å². The lowest BCUT2D eigenvalue weighted by atomic mass is 10.00. The molecule has 1 aliphatic rings. The number of carbonyl (C=O) groups excluding carboxylic acids is 1. The Morgan fingerprint density at radius 1 is 1.83 bits per heavy atom. The Bertz CT molecular complexity index is 242. The van der Waals surface area contributed by atoms with Crippen molar-refractivity contribution in [3.63, 3.8) is 0 Å². The first kappa shape index (κ1) is 9.84. The second kappa shape index (κ2) is 3.24. The third kappa shape index (κ3) is 1.32. The van der Waals surface area contributed by atoms with Gasteiger partial charge in [-0.25, -0.2) is 5.43 Å². The fourth-order valence-corrected chi connectivity index (χ4v) is 1.93. The van der Waals surface area contributed by atoms with E-state index >= 15 is 0 Å². The summed E-state index contributed by atoms with van der Waals surface area (Å²) >= 11 is 11.3. The number of hydrogen-bond donors (Lipinski definition) is 1. The molecule has 1 rings (SSSR count). The molecule has 0 fully saturated rings. The Morgan fingerprint density at radius 2 is 2.42 bits per heavy atom. The monoisotopic (exact) mass is 208 g/mol. The van der Waals surface area contributed by atoms with E-state index in [1.54, 1.807) is 18.3 Å². The Morgan fingerprint density at radius 3 is 2.58 bits per heavy atom. The van der Waals surface area contributed by atoms with E-state index in [0.29, 0.717) is 11.5 Å². The van der Waals surface area contributed by atoms with Crippen LogP contribution in [0.25, 0.3) is 0 Å². The first-order valence-electron chi connectivity index (χ1n) is 3.61. The molecular formula is C7H10Cl2N2O. The predicted molar refractivity (Wildman–Crippen MR) is 48.7 cm³/mol. The van der Waals surface area contributed by atoms with E-state index in [4.69, 9.17) is 23.2 Å². The molecule has 68 valence electrons. The summed E-state index contributed by atoms with van der Waals surface area (Å²) in [6, 6.07) is 0. The van der Waals surface area contributed by atoms with Gasteiger partial charge in [0.1, 0.15) is 5.54 Å². The van der Waals surface area contributed by atoms with Gasteiger partial charge in [0.05, 0.1) is 5.03 Å². The average molecular weight is 209 g/mol. The normalized spacial score (nSPS) is 29.0. The Kier molecular flexibility index (Phi) is 2.66. The Hall–Kier alpha value is -0.250. The van der Waals surface area contributed by atoms with Crippen LogP contribution in [-0.2, 0) is 4.79 Å². The molecule has 12 heavy (non-hydrogen) atoms. The third-order valence-electron chi connectivity index (χ3n) is 1.95. The van der Waals surface area contributed by atoms with Crippen molar-refractivity contribution in [2.45, 2.75) is 18.9 Å². The van der Waals surface area contributed by atoms with Crippen molar-refractivity contribution in [2.24, 2.45) is 0 Å². The number of hydrazine groups is 1. The van der Waals surface area contributed by atoms with E-state index in [2.05, 4.69) is 5.43 Å². The molecule has 0 radical (unpaired) electrons. The van der Waals surface area contributed by atoms with E-state index in [-0.39, 0.29) is 0 Å². The van der Waals surface area contributed by atoms with Gasteiger partial charge in [0.15, 0.2) is 0 Å². The SMILES string of the molecule is CCC1(C(=O)Cl)NN(C)C=C1Cl. The summed E-state index contributed by atoms with van der Waals surface area (Å²) < 4.78 is 0. The highest BCUT2D eigenvalue weighted by Gasteiger charge is 2.43. The Labute approximate surface area is 81.3 Å². The maximum atomic E-state index is 11.1. The van der Waals surface area contributed by atoms with Crippen LogP contribution in [0.1, 0.15) is 13.3 Å². The molecular weight excluding hydrogens is 199 g/mol. The van der Waals surface area contributed by atoms with Crippen molar-refractivity contribution in [1.82, 2.24) is 10.4 Å². The van der Waals surface area contributed by atoms with E-state index in [9.17, 15) is 4.79 Å². The molecule has 0 aliphatic carbocycles. The molecule has 0 saturated carbocycles. The highest BCUT2D eigenvalue weighted by atomic mass is 35.5. The smallest absolute Gasteiger partial charge is 0.248 e. The number of halogens is 2. The molecule has 3 nitrogen and oxygen atoms in total. The van der Waals surface area contributed by atoms with E-state index in [0.717, 1.165) is 0 Å². The minimum Gasteiger partial charge on any atom is -0.316 e. The second-order valence-electron chi connectivity index (χ2n) is 2.73. The van der Waals surface area contributed by atoms with Gasteiger partial charge in [0.25, 0.3) is 0 Å². The van der Waals surface area contributed by atoms with Crippen molar-refractivity contribution in [2.75, 3.05) is 7.05 Å². The molecule has 1 atom stereocenters. The summed E-state index contributed by atoms with van der Waals surface area (Å²) in [5, 5.41) is 1.59. The van der Waals surface area contributed by atoms with Gasteiger partial charge in [-0.05, 0) is 18.0 Å². The molecule has 1 N–H and O–H groups in total. The zero-order chi connectivity index (χ0) is 9.35.